The Morgan fingerprint density at radius 1 is 0.882 bits per heavy atom. The number of nitrogens with zero attached hydrogens (tertiary/aromatic N) is 3. The van der Waals surface area contributed by atoms with E-state index in [0.717, 1.165) is 41.0 Å². The summed E-state index contributed by atoms with van der Waals surface area (Å²) in [6, 6.07) is 23.0. The molecule has 0 bridgehead atoms. The number of ether oxygens (including phenoxy) is 1. The van der Waals surface area contributed by atoms with Crippen LogP contribution in [0.2, 0.25) is 0 Å². The number of urea groups is 1. The summed E-state index contributed by atoms with van der Waals surface area (Å²) in [5.41, 5.74) is 3.61. The Balaban J connectivity index is 1.13. The van der Waals surface area contributed by atoms with E-state index in [9.17, 15) is 4.79 Å². The highest BCUT2D eigenvalue weighted by Crippen LogP contribution is 2.21. The van der Waals surface area contributed by atoms with Gasteiger partial charge in [0.05, 0.1) is 18.3 Å². The predicted molar refractivity (Wildman–Crippen MR) is 135 cm³/mol. The summed E-state index contributed by atoms with van der Waals surface area (Å²) in [4.78, 5) is 15.0. The molecule has 0 unspecified atom stereocenters. The van der Waals surface area contributed by atoms with Crippen molar-refractivity contribution >= 4 is 28.3 Å². The highest BCUT2D eigenvalue weighted by atomic mass is 16.5. The van der Waals surface area contributed by atoms with Gasteiger partial charge in [0.1, 0.15) is 12.4 Å². The molecule has 1 aliphatic rings. The van der Waals surface area contributed by atoms with Crippen LogP contribution in [0.15, 0.2) is 79.0 Å². The van der Waals surface area contributed by atoms with E-state index in [4.69, 9.17) is 4.74 Å². The molecular formula is C27H29N5O2. The van der Waals surface area contributed by atoms with Crippen LogP contribution in [-0.2, 0) is 13.2 Å². The zero-order valence-electron chi connectivity index (χ0n) is 19.1. The van der Waals surface area contributed by atoms with Gasteiger partial charge in [0, 0.05) is 23.3 Å². The highest BCUT2D eigenvalue weighted by Gasteiger charge is 2.12. The number of anilines is 2. The lowest BCUT2D eigenvalue weighted by atomic mass is 10.2. The number of carbonyl (C=O) groups excluding carboxylic acids is 1. The van der Waals surface area contributed by atoms with Crippen molar-refractivity contribution in [2.45, 2.75) is 26.0 Å². The summed E-state index contributed by atoms with van der Waals surface area (Å²) < 4.78 is 7.84. The van der Waals surface area contributed by atoms with Gasteiger partial charge in [-0.1, -0.05) is 30.3 Å². The molecule has 0 atom stereocenters. The van der Waals surface area contributed by atoms with Crippen molar-refractivity contribution in [3.05, 3.63) is 84.6 Å². The molecule has 0 radical (unpaired) electrons. The highest BCUT2D eigenvalue weighted by molar-refractivity contribution is 6.01. The molecule has 3 aromatic carbocycles. The molecule has 7 heteroatoms. The Kier molecular flexibility index (Phi) is 6.72. The first-order valence-electron chi connectivity index (χ1n) is 11.8. The molecule has 1 fully saturated rings. The summed E-state index contributed by atoms with van der Waals surface area (Å²) >= 11 is 0. The average molecular weight is 456 g/mol. The van der Waals surface area contributed by atoms with E-state index in [2.05, 4.69) is 20.6 Å². The second kappa shape index (κ2) is 10.4. The van der Waals surface area contributed by atoms with Crippen LogP contribution in [0.3, 0.4) is 0 Å². The van der Waals surface area contributed by atoms with Gasteiger partial charge < -0.3 is 20.3 Å². The van der Waals surface area contributed by atoms with Crippen LogP contribution in [0.5, 0.6) is 5.75 Å². The van der Waals surface area contributed by atoms with Gasteiger partial charge in [-0.05, 0) is 74.0 Å². The van der Waals surface area contributed by atoms with Crippen molar-refractivity contribution in [2.75, 3.05) is 30.3 Å². The van der Waals surface area contributed by atoms with E-state index >= 15 is 0 Å². The molecule has 174 valence electrons. The number of hydrogen-bond acceptors (Lipinski definition) is 4. The number of fused-ring (bicyclic) bond motifs is 1. The summed E-state index contributed by atoms with van der Waals surface area (Å²) in [5.74, 6) is 0.752. The van der Waals surface area contributed by atoms with Crippen LogP contribution < -0.4 is 15.4 Å². The zero-order chi connectivity index (χ0) is 23.2. The molecule has 4 aromatic rings. The maximum absolute atomic E-state index is 12.5. The molecule has 2 amide bonds. The SMILES string of the molecule is O=C(Nc1ccc(OCc2ccccc2)cc1)Nc1ccc2c(cnn2CCN2CCCC2)c1. The Labute approximate surface area is 199 Å². The second-order valence-corrected chi connectivity index (χ2v) is 8.57. The third kappa shape index (κ3) is 5.55. The standard InChI is InChI=1S/C27H29N5O2/c33-27(29-23-8-11-25(12-9-23)34-20-21-6-2-1-3-7-21)30-24-10-13-26-22(18-24)19-28-32(26)17-16-31-14-4-5-15-31/h1-3,6-13,18-19H,4-5,14-17,20H2,(H2,29,30,33). The quantitative estimate of drug-likeness (QED) is 0.375. The van der Waals surface area contributed by atoms with Gasteiger partial charge in [0.15, 0.2) is 0 Å². The van der Waals surface area contributed by atoms with Crippen LogP contribution in [0.1, 0.15) is 18.4 Å². The van der Waals surface area contributed by atoms with Gasteiger partial charge >= 0.3 is 6.03 Å². The second-order valence-electron chi connectivity index (χ2n) is 8.57. The fourth-order valence-corrected chi connectivity index (χ4v) is 4.25. The largest absolute Gasteiger partial charge is 0.489 e. The first-order valence-corrected chi connectivity index (χ1v) is 11.8. The average Bonchev–Trinajstić information content (AvgIpc) is 3.52. The number of hydrogen-bond donors (Lipinski definition) is 2. The van der Waals surface area contributed by atoms with Crippen molar-refractivity contribution in [3.8, 4) is 5.75 Å². The molecule has 7 nitrogen and oxygen atoms in total. The summed E-state index contributed by atoms with van der Waals surface area (Å²) in [6.45, 7) is 4.78. The lowest BCUT2D eigenvalue weighted by molar-refractivity contribution is 0.262. The van der Waals surface area contributed by atoms with Gasteiger partial charge in [0.25, 0.3) is 0 Å². The normalized spacial score (nSPS) is 13.8. The molecule has 2 heterocycles. The smallest absolute Gasteiger partial charge is 0.323 e. The predicted octanol–water partition coefficient (Wildman–Crippen LogP) is 5.36. The molecule has 34 heavy (non-hydrogen) atoms. The molecule has 1 saturated heterocycles. The number of rotatable bonds is 8. The summed E-state index contributed by atoms with van der Waals surface area (Å²) in [5, 5.41) is 11.3. The lowest BCUT2D eigenvalue weighted by Crippen LogP contribution is -2.24. The van der Waals surface area contributed by atoms with Crippen LogP contribution >= 0.6 is 0 Å². The Morgan fingerprint density at radius 2 is 1.62 bits per heavy atom. The number of amides is 2. The van der Waals surface area contributed by atoms with Crippen LogP contribution in [0.4, 0.5) is 16.2 Å². The van der Waals surface area contributed by atoms with Crippen LogP contribution in [0.25, 0.3) is 10.9 Å². The van der Waals surface area contributed by atoms with E-state index in [1.807, 2.05) is 83.7 Å². The molecular weight excluding hydrogens is 426 g/mol. The Hall–Kier alpha value is -3.84. The molecule has 1 aromatic heterocycles. The molecule has 5 rings (SSSR count). The first-order chi connectivity index (χ1) is 16.7. The first kappa shape index (κ1) is 22.0. The van der Waals surface area contributed by atoms with Crippen molar-refractivity contribution < 1.29 is 9.53 Å². The van der Waals surface area contributed by atoms with Crippen molar-refractivity contribution in [1.82, 2.24) is 14.7 Å². The number of nitrogens with one attached hydrogen (secondary N) is 2. The maximum Gasteiger partial charge on any atom is 0.323 e. The Morgan fingerprint density at radius 3 is 2.41 bits per heavy atom. The number of aromatic nitrogens is 2. The minimum absolute atomic E-state index is 0.293. The van der Waals surface area contributed by atoms with Gasteiger partial charge in [-0.15, -0.1) is 0 Å². The van der Waals surface area contributed by atoms with Gasteiger partial charge in [-0.3, -0.25) is 4.68 Å². The van der Waals surface area contributed by atoms with Crippen molar-refractivity contribution in [1.29, 1.82) is 0 Å². The molecule has 0 aliphatic carbocycles. The minimum Gasteiger partial charge on any atom is -0.489 e. The topological polar surface area (TPSA) is 71.4 Å². The van der Waals surface area contributed by atoms with Crippen molar-refractivity contribution in [2.24, 2.45) is 0 Å². The minimum atomic E-state index is -0.293. The van der Waals surface area contributed by atoms with Crippen molar-refractivity contribution in [3.63, 3.8) is 0 Å². The molecule has 2 N–H and O–H groups in total. The van der Waals surface area contributed by atoms with Crippen LogP contribution in [-0.4, -0.2) is 40.3 Å². The van der Waals surface area contributed by atoms with E-state index in [-0.39, 0.29) is 6.03 Å². The monoisotopic (exact) mass is 455 g/mol. The van der Waals surface area contributed by atoms with E-state index < -0.39 is 0 Å². The van der Waals surface area contributed by atoms with E-state index in [1.54, 1.807) is 0 Å². The summed E-state index contributed by atoms with van der Waals surface area (Å²) in [7, 11) is 0. The van der Waals surface area contributed by atoms with E-state index in [0.29, 0.717) is 12.3 Å². The van der Waals surface area contributed by atoms with Crippen LogP contribution in [0, 0.1) is 0 Å². The number of carbonyl (C=O) groups is 1. The molecule has 0 saturated carbocycles. The zero-order valence-corrected chi connectivity index (χ0v) is 19.1. The fourth-order valence-electron chi connectivity index (χ4n) is 4.25. The third-order valence-corrected chi connectivity index (χ3v) is 6.09. The fraction of sp³-hybridized carbons (Fsp3) is 0.259. The van der Waals surface area contributed by atoms with Gasteiger partial charge in [0.2, 0.25) is 0 Å². The molecule has 0 spiro atoms. The van der Waals surface area contributed by atoms with E-state index in [1.165, 1.54) is 25.9 Å². The third-order valence-electron chi connectivity index (χ3n) is 6.09. The summed E-state index contributed by atoms with van der Waals surface area (Å²) in [6.07, 6.45) is 4.45. The van der Waals surface area contributed by atoms with Gasteiger partial charge in [-0.25, -0.2) is 4.79 Å². The number of benzene rings is 3. The lowest BCUT2D eigenvalue weighted by Gasteiger charge is -2.14. The molecule has 1 aliphatic heterocycles. The maximum atomic E-state index is 12.5. The Bertz CT molecular complexity index is 1230. The number of likely N-dealkylation sites (tertiary alicyclic amines) is 1. The van der Waals surface area contributed by atoms with Gasteiger partial charge in [-0.2, -0.15) is 5.10 Å².